The lowest BCUT2D eigenvalue weighted by Crippen LogP contribution is -2.38. The summed E-state index contributed by atoms with van der Waals surface area (Å²) in [5.74, 6) is -0.162. The quantitative estimate of drug-likeness (QED) is 0.915. The molecule has 0 aromatic carbocycles. The minimum Gasteiger partial charge on any atom is -0.480 e. The molecule has 0 amide bonds. The van der Waals surface area contributed by atoms with E-state index in [-0.39, 0.29) is 12.6 Å². The topological polar surface area (TPSA) is 79.2 Å². The van der Waals surface area contributed by atoms with Gasteiger partial charge < -0.3 is 10.0 Å². The fraction of sp³-hybridized carbons (Fsp3) is 0.429. The van der Waals surface area contributed by atoms with Crippen molar-refractivity contribution in [1.29, 1.82) is 0 Å². The maximum absolute atomic E-state index is 11.1. The Bertz CT molecular complexity index is 625. The highest BCUT2D eigenvalue weighted by Gasteiger charge is 2.25. The number of pyridine rings is 1. The van der Waals surface area contributed by atoms with Gasteiger partial charge in [-0.15, -0.1) is 0 Å². The number of anilines is 1. The molecule has 0 aliphatic heterocycles. The Morgan fingerprint density at radius 1 is 1.25 bits per heavy atom. The van der Waals surface area contributed by atoms with Crippen LogP contribution in [0.15, 0.2) is 24.5 Å². The number of carboxylic acids is 1. The maximum Gasteiger partial charge on any atom is 0.323 e. The van der Waals surface area contributed by atoms with E-state index >= 15 is 0 Å². The number of fused-ring (bicyclic) bond motifs is 1. The van der Waals surface area contributed by atoms with Crippen molar-refractivity contribution in [2.24, 2.45) is 0 Å². The Morgan fingerprint density at radius 2 is 2.00 bits per heavy atom. The Kier molecular flexibility index (Phi) is 3.45. The van der Waals surface area contributed by atoms with Crippen LogP contribution in [0.25, 0.3) is 11.2 Å². The van der Waals surface area contributed by atoms with Gasteiger partial charge in [0.15, 0.2) is 5.65 Å². The van der Waals surface area contributed by atoms with Crippen molar-refractivity contribution in [2.45, 2.75) is 31.7 Å². The SMILES string of the molecule is O=C(O)CN(c1ccc2nccnc2n1)C1CCCC1. The summed E-state index contributed by atoms with van der Waals surface area (Å²) < 4.78 is 0. The molecule has 104 valence electrons. The van der Waals surface area contributed by atoms with Gasteiger partial charge in [-0.05, 0) is 25.0 Å². The van der Waals surface area contributed by atoms with E-state index in [2.05, 4.69) is 15.0 Å². The van der Waals surface area contributed by atoms with Crippen molar-refractivity contribution in [3.05, 3.63) is 24.5 Å². The summed E-state index contributed by atoms with van der Waals surface area (Å²) in [5, 5.41) is 9.12. The van der Waals surface area contributed by atoms with Crippen molar-refractivity contribution < 1.29 is 9.90 Å². The second-order valence-corrected chi connectivity index (χ2v) is 5.03. The predicted molar refractivity (Wildman–Crippen MR) is 74.6 cm³/mol. The van der Waals surface area contributed by atoms with E-state index in [0.29, 0.717) is 11.5 Å². The van der Waals surface area contributed by atoms with Gasteiger partial charge in [-0.3, -0.25) is 9.78 Å². The number of nitrogens with zero attached hydrogens (tertiary/aromatic N) is 4. The van der Waals surface area contributed by atoms with E-state index in [9.17, 15) is 4.79 Å². The summed E-state index contributed by atoms with van der Waals surface area (Å²) in [7, 11) is 0. The van der Waals surface area contributed by atoms with Crippen LogP contribution in [0.1, 0.15) is 25.7 Å². The van der Waals surface area contributed by atoms with E-state index in [0.717, 1.165) is 31.2 Å². The minimum absolute atomic E-state index is 0.0244. The molecular formula is C14H16N4O2. The molecule has 6 nitrogen and oxygen atoms in total. The summed E-state index contributed by atoms with van der Waals surface area (Å²) in [6.45, 7) is -0.0244. The summed E-state index contributed by atoms with van der Waals surface area (Å²) >= 11 is 0. The number of aromatic nitrogens is 3. The fourth-order valence-electron chi connectivity index (χ4n) is 2.76. The average Bonchev–Trinajstić information content (AvgIpc) is 2.98. The number of aliphatic carboxylic acids is 1. The van der Waals surface area contributed by atoms with Gasteiger partial charge in [0, 0.05) is 18.4 Å². The molecule has 1 fully saturated rings. The van der Waals surface area contributed by atoms with Gasteiger partial charge in [0.1, 0.15) is 17.9 Å². The molecule has 1 aliphatic rings. The van der Waals surface area contributed by atoms with Crippen LogP contribution in [-0.2, 0) is 4.79 Å². The maximum atomic E-state index is 11.1. The van der Waals surface area contributed by atoms with E-state index in [4.69, 9.17) is 5.11 Å². The summed E-state index contributed by atoms with van der Waals surface area (Å²) in [5.41, 5.74) is 1.27. The van der Waals surface area contributed by atoms with Gasteiger partial charge >= 0.3 is 5.97 Å². The monoisotopic (exact) mass is 272 g/mol. The second kappa shape index (κ2) is 5.40. The molecule has 0 bridgehead atoms. The van der Waals surface area contributed by atoms with Gasteiger partial charge in [-0.2, -0.15) is 0 Å². The molecule has 1 aliphatic carbocycles. The van der Waals surface area contributed by atoms with Crippen LogP contribution in [0.4, 0.5) is 5.82 Å². The normalized spacial score (nSPS) is 15.6. The lowest BCUT2D eigenvalue weighted by molar-refractivity contribution is -0.135. The number of hydrogen-bond acceptors (Lipinski definition) is 5. The molecule has 0 atom stereocenters. The first kappa shape index (κ1) is 12.8. The van der Waals surface area contributed by atoms with E-state index < -0.39 is 5.97 Å². The Morgan fingerprint density at radius 3 is 2.75 bits per heavy atom. The largest absolute Gasteiger partial charge is 0.480 e. The zero-order chi connectivity index (χ0) is 13.9. The molecule has 0 unspecified atom stereocenters. The highest BCUT2D eigenvalue weighted by atomic mass is 16.4. The van der Waals surface area contributed by atoms with Crippen LogP contribution in [0.2, 0.25) is 0 Å². The predicted octanol–water partition coefficient (Wildman–Crippen LogP) is 1.86. The van der Waals surface area contributed by atoms with E-state index in [1.165, 1.54) is 0 Å². The van der Waals surface area contributed by atoms with Gasteiger partial charge in [-0.1, -0.05) is 12.8 Å². The first-order valence-electron chi connectivity index (χ1n) is 6.80. The molecule has 6 heteroatoms. The third-order valence-corrected chi connectivity index (χ3v) is 3.68. The molecule has 1 saturated carbocycles. The van der Waals surface area contributed by atoms with Crippen LogP contribution in [0, 0.1) is 0 Å². The van der Waals surface area contributed by atoms with Crippen molar-refractivity contribution >= 4 is 23.0 Å². The number of rotatable bonds is 4. The summed E-state index contributed by atoms with van der Waals surface area (Å²) in [6.07, 6.45) is 7.55. The first-order valence-corrected chi connectivity index (χ1v) is 6.80. The Hall–Kier alpha value is -2.24. The molecule has 20 heavy (non-hydrogen) atoms. The first-order chi connectivity index (χ1) is 9.74. The van der Waals surface area contributed by atoms with Gasteiger partial charge in [-0.25, -0.2) is 9.97 Å². The molecule has 1 N–H and O–H groups in total. The zero-order valence-electron chi connectivity index (χ0n) is 11.1. The highest BCUT2D eigenvalue weighted by molar-refractivity contribution is 5.76. The molecule has 0 spiro atoms. The second-order valence-electron chi connectivity index (χ2n) is 5.03. The molecule has 2 aromatic rings. The minimum atomic E-state index is -0.835. The van der Waals surface area contributed by atoms with Crippen LogP contribution in [-0.4, -0.2) is 38.6 Å². The average molecular weight is 272 g/mol. The molecule has 0 saturated heterocycles. The van der Waals surface area contributed by atoms with Crippen molar-refractivity contribution in [3.63, 3.8) is 0 Å². The molecule has 2 heterocycles. The summed E-state index contributed by atoms with van der Waals surface area (Å²) in [4.78, 5) is 25.8. The number of carbonyl (C=O) groups is 1. The third kappa shape index (κ3) is 2.54. The lowest BCUT2D eigenvalue weighted by Gasteiger charge is -2.28. The molecular weight excluding hydrogens is 256 g/mol. The van der Waals surface area contributed by atoms with Crippen molar-refractivity contribution in [3.8, 4) is 0 Å². The smallest absolute Gasteiger partial charge is 0.323 e. The molecule has 2 aromatic heterocycles. The van der Waals surface area contributed by atoms with Crippen LogP contribution >= 0.6 is 0 Å². The third-order valence-electron chi connectivity index (χ3n) is 3.68. The van der Waals surface area contributed by atoms with Gasteiger partial charge in [0.2, 0.25) is 0 Å². The highest BCUT2D eigenvalue weighted by Crippen LogP contribution is 2.27. The van der Waals surface area contributed by atoms with Crippen molar-refractivity contribution in [2.75, 3.05) is 11.4 Å². The number of hydrogen-bond donors (Lipinski definition) is 1. The Labute approximate surface area is 116 Å². The molecule has 3 rings (SSSR count). The van der Waals surface area contributed by atoms with Gasteiger partial charge in [0.05, 0.1) is 0 Å². The van der Waals surface area contributed by atoms with E-state index in [1.807, 2.05) is 17.0 Å². The van der Waals surface area contributed by atoms with Crippen molar-refractivity contribution in [1.82, 2.24) is 15.0 Å². The lowest BCUT2D eigenvalue weighted by atomic mass is 10.2. The Balaban J connectivity index is 1.96. The van der Waals surface area contributed by atoms with Crippen LogP contribution < -0.4 is 4.90 Å². The van der Waals surface area contributed by atoms with Gasteiger partial charge in [0.25, 0.3) is 0 Å². The summed E-state index contributed by atoms with van der Waals surface area (Å²) in [6, 6.07) is 3.93. The zero-order valence-corrected chi connectivity index (χ0v) is 11.1. The van der Waals surface area contributed by atoms with Crippen LogP contribution in [0.5, 0.6) is 0 Å². The van der Waals surface area contributed by atoms with Crippen LogP contribution in [0.3, 0.4) is 0 Å². The molecule has 0 radical (unpaired) electrons. The fourth-order valence-corrected chi connectivity index (χ4v) is 2.76. The number of carboxylic acid groups (broad SMARTS) is 1. The van der Waals surface area contributed by atoms with E-state index in [1.54, 1.807) is 12.4 Å². The standard InChI is InChI=1S/C14H16N4O2/c19-13(20)9-18(10-3-1-2-4-10)12-6-5-11-14(17-12)16-8-7-15-11/h5-8,10H,1-4,9H2,(H,19,20).